The summed E-state index contributed by atoms with van der Waals surface area (Å²) < 4.78 is 0. The summed E-state index contributed by atoms with van der Waals surface area (Å²) in [6, 6.07) is 5.71. The zero-order valence-corrected chi connectivity index (χ0v) is 9.86. The first-order valence-electron chi connectivity index (χ1n) is 5.32. The Bertz CT molecular complexity index is 694. The van der Waals surface area contributed by atoms with Crippen LogP contribution >= 0.6 is 0 Å². The number of aromatic nitrogens is 2. The molecule has 9 nitrogen and oxygen atoms in total. The zero-order chi connectivity index (χ0) is 14.7. The van der Waals surface area contributed by atoms with Crippen LogP contribution in [0.25, 0.3) is 0 Å². The van der Waals surface area contributed by atoms with Gasteiger partial charge in [0.05, 0.1) is 16.2 Å². The first-order chi connectivity index (χ1) is 9.50. The maximum Gasteiger partial charge on any atom is 0.337 e. The Morgan fingerprint density at radius 1 is 1.35 bits per heavy atom. The fourth-order valence-electron chi connectivity index (χ4n) is 1.55. The topological polar surface area (TPSA) is 138 Å². The second-order valence-corrected chi connectivity index (χ2v) is 3.69. The van der Waals surface area contributed by atoms with Crippen LogP contribution in [0, 0.1) is 10.1 Å². The molecule has 20 heavy (non-hydrogen) atoms. The molecule has 0 radical (unpaired) electrons. The summed E-state index contributed by atoms with van der Waals surface area (Å²) in [6.45, 7) is 0. The molecule has 1 aromatic heterocycles. The molecule has 0 aliphatic heterocycles. The van der Waals surface area contributed by atoms with E-state index in [1.165, 1.54) is 24.3 Å². The van der Waals surface area contributed by atoms with Crippen LogP contribution in [0.3, 0.4) is 0 Å². The SMILES string of the molecule is O=C(O)c1ccccc1NC(=O)c1[nH]ncc1[N+](=O)[O-]. The summed E-state index contributed by atoms with van der Waals surface area (Å²) in [6.07, 6.45) is 0.901. The van der Waals surface area contributed by atoms with Crippen molar-refractivity contribution in [3.8, 4) is 0 Å². The smallest absolute Gasteiger partial charge is 0.337 e. The molecular weight excluding hydrogens is 268 g/mol. The minimum atomic E-state index is -1.22. The van der Waals surface area contributed by atoms with Crippen molar-refractivity contribution >= 4 is 23.3 Å². The van der Waals surface area contributed by atoms with Crippen molar-refractivity contribution in [3.63, 3.8) is 0 Å². The molecule has 0 atom stereocenters. The molecule has 0 aliphatic rings. The van der Waals surface area contributed by atoms with E-state index in [9.17, 15) is 19.7 Å². The fraction of sp³-hybridized carbons (Fsp3) is 0. The van der Waals surface area contributed by atoms with E-state index in [1.807, 2.05) is 0 Å². The number of hydrogen-bond donors (Lipinski definition) is 3. The highest BCUT2D eigenvalue weighted by molar-refractivity contribution is 6.08. The van der Waals surface area contributed by atoms with E-state index in [2.05, 4.69) is 15.5 Å². The fourth-order valence-corrected chi connectivity index (χ4v) is 1.55. The molecule has 0 bridgehead atoms. The normalized spacial score (nSPS) is 10.0. The highest BCUT2D eigenvalue weighted by atomic mass is 16.6. The van der Waals surface area contributed by atoms with Gasteiger partial charge in [-0.15, -0.1) is 0 Å². The summed E-state index contributed by atoms with van der Waals surface area (Å²) in [5, 5.41) is 27.6. The summed E-state index contributed by atoms with van der Waals surface area (Å²) in [5.74, 6) is -2.07. The van der Waals surface area contributed by atoms with Crippen LogP contribution in [0.2, 0.25) is 0 Å². The van der Waals surface area contributed by atoms with Gasteiger partial charge in [0.15, 0.2) is 0 Å². The van der Waals surface area contributed by atoms with Crippen molar-refractivity contribution in [2.45, 2.75) is 0 Å². The van der Waals surface area contributed by atoms with Crippen LogP contribution in [0.1, 0.15) is 20.8 Å². The number of benzene rings is 1. The molecule has 0 aliphatic carbocycles. The van der Waals surface area contributed by atoms with Gasteiger partial charge in [-0.2, -0.15) is 5.10 Å². The van der Waals surface area contributed by atoms with Crippen molar-refractivity contribution in [2.75, 3.05) is 5.32 Å². The van der Waals surface area contributed by atoms with Gasteiger partial charge in [-0.25, -0.2) is 4.79 Å². The summed E-state index contributed by atoms with van der Waals surface area (Å²) in [4.78, 5) is 32.8. The first-order valence-corrected chi connectivity index (χ1v) is 5.32. The maximum absolute atomic E-state index is 11.9. The van der Waals surface area contributed by atoms with Gasteiger partial charge in [0.25, 0.3) is 5.91 Å². The number of hydrogen-bond acceptors (Lipinski definition) is 5. The van der Waals surface area contributed by atoms with Gasteiger partial charge < -0.3 is 10.4 Å². The van der Waals surface area contributed by atoms with Crippen LogP contribution in [-0.2, 0) is 0 Å². The lowest BCUT2D eigenvalue weighted by Crippen LogP contribution is -2.16. The summed E-state index contributed by atoms with van der Waals surface area (Å²) in [7, 11) is 0. The highest BCUT2D eigenvalue weighted by Crippen LogP contribution is 2.19. The Morgan fingerprint density at radius 3 is 2.70 bits per heavy atom. The predicted octanol–water partition coefficient (Wildman–Crippen LogP) is 1.27. The van der Waals surface area contributed by atoms with Crippen LogP contribution in [-0.4, -0.2) is 32.1 Å². The highest BCUT2D eigenvalue weighted by Gasteiger charge is 2.23. The number of carboxylic acids is 1. The standard InChI is InChI=1S/C11H8N4O5/c16-10(9-8(15(19)20)5-12-14-9)13-7-4-2-1-3-6(7)11(17)18/h1-5H,(H,12,14)(H,13,16)(H,17,18). The molecule has 1 aromatic carbocycles. The van der Waals surface area contributed by atoms with E-state index in [0.29, 0.717) is 0 Å². The lowest BCUT2D eigenvalue weighted by Gasteiger charge is -2.06. The van der Waals surface area contributed by atoms with E-state index >= 15 is 0 Å². The van der Waals surface area contributed by atoms with E-state index in [0.717, 1.165) is 6.20 Å². The molecule has 1 amide bonds. The van der Waals surface area contributed by atoms with Gasteiger partial charge in [-0.05, 0) is 12.1 Å². The van der Waals surface area contributed by atoms with Crippen molar-refractivity contribution in [3.05, 3.63) is 51.8 Å². The van der Waals surface area contributed by atoms with E-state index < -0.39 is 22.5 Å². The Labute approximate surface area is 111 Å². The lowest BCUT2D eigenvalue weighted by molar-refractivity contribution is -0.385. The van der Waals surface area contributed by atoms with Gasteiger partial charge in [-0.3, -0.25) is 20.0 Å². The number of anilines is 1. The van der Waals surface area contributed by atoms with Crippen molar-refractivity contribution in [1.82, 2.24) is 10.2 Å². The maximum atomic E-state index is 11.9. The number of aromatic carboxylic acids is 1. The Balaban J connectivity index is 2.31. The van der Waals surface area contributed by atoms with Gasteiger partial charge in [-0.1, -0.05) is 12.1 Å². The van der Waals surface area contributed by atoms with Crippen LogP contribution in [0.4, 0.5) is 11.4 Å². The number of carbonyl (C=O) groups is 2. The van der Waals surface area contributed by atoms with Gasteiger partial charge in [0, 0.05) is 0 Å². The van der Waals surface area contributed by atoms with Gasteiger partial charge in [0.2, 0.25) is 5.69 Å². The molecule has 2 rings (SSSR count). The van der Waals surface area contributed by atoms with Crippen molar-refractivity contribution in [1.29, 1.82) is 0 Å². The summed E-state index contributed by atoms with van der Waals surface area (Å²) in [5.41, 5.74) is -0.928. The Kier molecular flexibility index (Phi) is 3.42. The average Bonchev–Trinajstić information content (AvgIpc) is 2.88. The van der Waals surface area contributed by atoms with E-state index in [4.69, 9.17) is 5.11 Å². The molecule has 0 unspecified atom stereocenters. The molecule has 1 heterocycles. The van der Waals surface area contributed by atoms with Crippen LogP contribution in [0.5, 0.6) is 0 Å². The number of H-pyrrole nitrogens is 1. The minimum Gasteiger partial charge on any atom is -0.478 e. The minimum absolute atomic E-state index is 0.0360. The summed E-state index contributed by atoms with van der Waals surface area (Å²) >= 11 is 0. The molecule has 9 heteroatoms. The molecule has 0 saturated carbocycles. The molecule has 0 fully saturated rings. The second-order valence-electron chi connectivity index (χ2n) is 3.69. The zero-order valence-electron chi connectivity index (χ0n) is 9.86. The molecule has 102 valence electrons. The van der Waals surface area contributed by atoms with E-state index in [1.54, 1.807) is 0 Å². The third kappa shape index (κ3) is 2.46. The van der Waals surface area contributed by atoms with Crippen LogP contribution < -0.4 is 5.32 Å². The number of nitro groups is 1. The quantitative estimate of drug-likeness (QED) is 0.567. The molecular formula is C11H8N4O5. The van der Waals surface area contributed by atoms with E-state index in [-0.39, 0.29) is 16.9 Å². The number of amides is 1. The lowest BCUT2D eigenvalue weighted by atomic mass is 10.1. The number of nitrogens with zero attached hydrogens (tertiary/aromatic N) is 2. The Hall–Kier alpha value is -3.23. The van der Waals surface area contributed by atoms with Crippen LogP contribution in [0.15, 0.2) is 30.5 Å². The molecule has 0 saturated heterocycles. The number of aromatic amines is 1. The molecule has 0 spiro atoms. The average molecular weight is 276 g/mol. The number of nitrogens with one attached hydrogen (secondary N) is 2. The molecule has 2 aromatic rings. The second kappa shape index (κ2) is 5.18. The first kappa shape index (κ1) is 13.2. The predicted molar refractivity (Wildman–Crippen MR) is 66.6 cm³/mol. The number of carbonyl (C=O) groups excluding carboxylic acids is 1. The number of rotatable bonds is 4. The van der Waals surface area contributed by atoms with Crippen molar-refractivity contribution < 1.29 is 19.6 Å². The van der Waals surface area contributed by atoms with Gasteiger partial charge >= 0.3 is 11.7 Å². The van der Waals surface area contributed by atoms with Gasteiger partial charge in [0.1, 0.15) is 6.20 Å². The monoisotopic (exact) mass is 276 g/mol. The largest absolute Gasteiger partial charge is 0.478 e. The van der Waals surface area contributed by atoms with Crippen molar-refractivity contribution in [2.24, 2.45) is 0 Å². The number of carboxylic acid groups (broad SMARTS) is 1. The molecule has 3 N–H and O–H groups in total. The number of para-hydroxylation sites is 1. The third-order valence-electron chi connectivity index (χ3n) is 2.45. The third-order valence-corrected chi connectivity index (χ3v) is 2.45. The Morgan fingerprint density at radius 2 is 2.05 bits per heavy atom.